The smallest absolute Gasteiger partial charge is 0.0921 e. The number of hydrogen-bond donors (Lipinski definition) is 1. The van der Waals surface area contributed by atoms with Crippen molar-refractivity contribution in [3.63, 3.8) is 0 Å². The van der Waals surface area contributed by atoms with E-state index in [9.17, 15) is 5.11 Å². The number of rotatable bonds is 1. The van der Waals surface area contributed by atoms with Crippen LogP contribution >= 0.6 is 0 Å². The van der Waals surface area contributed by atoms with Crippen LogP contribution in [-0.2, 0) is 4.74 Å². The van der Waals surface area contributed by atoms with Crippen molar-refractivity contribution in [1.29, 1.82) is 0 Å². The molecule has 0 aromatic heterocycles. The van der Waals surface area contributed by atoms with Gasteiger partial charge in [0, 0.05) is 0 Å². The molecule has 3 unspecified atom stereocenters. The molecule has 2 heterocycles. The molecule has 2 nitrogen and oxygen atoms in total. The van der Waals surface area contributed by atoms with E-state index in [1.165, 1.54) is 11.1 Å². The minimum Gasteiger partial charge on any atom is -0.390 e. The Bertz CT molecular complexity index is 449. The minimum absolute atomic E-state index is 0.104. The highest BCUT2D eigenvalue weighted by atomic mass is 16.5. The summed E-state index contributed by atoms with van der Waals surface area (Å²) in [5.74, 6) is 0.468. The molecule has 1 N–H and O–H groups in total. The molecular formula is C20H34O2. The fourth-order valence-corrected chi connectivity index (χ4v) is 3.81. The molecule has 0 radical (unpaired) electrons. The number of allylic oxidation sites excluding steroid dienone is 3. The molecule has 126 valence electrons. The average Bonchev–Trinajstić information content (AvgIpc) is 2.82. The number of ether oxygens (including phenoxy) is 1. The quantitative estimate of drug-likeness (QED) is 0.677. The summed E-state index contributed by atoms with van der Waals surface area (Å²) in [5, 5.41) is 10.7. The van der Waals surface area contributed by atoms with Gasteiger partial charge < -0.3 is 9.84 Å². The van der Waals surface area contributed by atoms with Crippen LogP contribution in [0.4, 0.5) is 0 Å². The lowest BCUT2D eigenvalue weighted by Gasteiger charge is -2.38. The maximum absolute atomic E-state index is 10.7. The van der Waals surface area contributed by atoms with Gasteiger partial charge in [0.2, 0.25) is 0 Å². The third kappa shape index (κ3) is 3.83. The summed E-state index contributed by atoms with van der Waals surface area (Å²) in [4.78, 5) is 0. The van der Waals surface area contributed by atoms with Crippen molar-refractivity contribution < 1.29 is 9.84 Å². The second-order valence-electron chi connectivity index (χ2n) is 8.03. The summed E-state index contributed by atoms with van der Waals surface area (Å²) in [6.07, 6.45) is 11.3. The molecule has 2 aliphatic heterocycles. The van der Waals surface area contributed by atoms with E-state index in [1.54, 1.807) is 0 Å². The van der Waals surface area contributed by atoms with Crippen LogP contribution in [0.15, 0.2) is 23.3 Å². The summed E-state index contributed by atoms with van der Waals surface area (Å²) in [6.45, 7) is 11.0. The Balaban J connectivity index is 2.27. The van der Waals surface area contributed by atoms with E-state index in [1.807, 2.05) is 0 Å². The summed E-state index contributed by atoms with van der Waals surface area (Å²) >= 11 is 0. The second kappa shape index (κ2) is 6.88. The molecule has 0 spiro atoms. The molecule has 0 amide bonds. The Morgan fingerprint density at radius 3 is 2.50 bits per heavy atom. The van der Waals surface area contributed by atoms with Crippen molar-refractivity contribution in [2.75, 3.05) is 0 Å². The molecule has 0 aromatic carbocycles. The fourth-order valence-electron chi connectivity index (χ4n) is 3.81. The predicted octanol–water partition coefficient (Wildman–Crippen LogP) is 5.17. The normalized spacial score (nSPS) is 42.6. The van der Waals surface area contributed by atoms with Crippen LogP contribution in [0.2, 0.25) is 0 Å². The van der Waals surface area contributed by atoms with E-state index in [2.05, 4.69) is 46.8 Å². The van der Waals surface area contributed by atoms with Crippen molar-refractivity contribution in [2.24, 2.45) is 5.92 Å². The lowest BCUT2D eigenvalue weighted by molar-refractivity contribution is -0.162. The second-order valence-corrected chi connectivity index (χ2v) is 8.03. The Kier molecular flexibility index (Phi) is 5.55. The highest BCUT2D eigenvalue weighted by molar-refractivity contribution is 5.10. The first-order valence-electron chi connectivity index (χ1n) is 8.97. The fraction of sp³-hybridized carbons (Fsp3) is 0.800. The van der Waals surface area contributed by atoms with Crippen molar-refractivity contribution in [3.8, 4) is 0 Å². The molecule has 0 saturated carbocycles. The number of aliphatic hydroxyl groups excluding tert-OH is 1. The zero-order chi connectivity index (χ0) is 16.4. The summed E-state index contributed by atoms with van der Waals surface area (Å²) in [5.41, 5.74) is 2.36. The topological polar surface area (TPSA) is 29.5 Å². The van der Waals surface area contributed by atoms with Crippen LogP contribution in [0.3, 0.4) is 0 Å². The molecule has 22 heavy (non-hydrogen) atoms. The Morgan fingerprint density at radius 1 is 1.14 bits per heavy atom. The third-order valence-electron chi connectivity index (χ3n) is 5.88. The molecule has 0 aliphatic carbocycles. The highest BCUT2D eigenvalue weighted by Gasteiger charge is 2.50. The van der Waals surface area contributed by atoms with Crippen LogP contribution in [0.5, 0.6) is 0 Å². The van der Waals surface area contributed by atoms with Crippen molar-refractivity contribution in [2.45, 2.75) is 96.9 Å². The van der Waals surface area contributed by atoms with Crippen LogP contribution in [-0.4, -0.2) is 22.4 Å². The van der Waals surface area contributed by atoms with Gasteiger partial charge >= 0.3 is 0 Å². The van der Waals surface area contributed by atoms with Gasteiger partial charge in [-0.3, -0.25) is 0 Å². The maximum Gasteiger partial charge on any atom is 0.0921 e. The first-order chi connectivity index (χ1) is 10.3. The van der Waals surface area contributed by atoms with E-state index in [-0.39, 0.29) is 17.3 Å². The van der Waals surface area contributed by atoms with Crippen LogP contribution in [0, 0.1) is 5.92 Å². The van der Waals surface area contributed by atoms with Crippen LogP contribution in [0.1, 0.15) is 79.6 Å². The Morgan fingerprint density at radius 2 is 1.82 bits per heavy atom. The van der Waals surface area contributed by atoms with E-state index >= 15 is 0 Å². The molecule has 0 aromatic rings. The Hall–Kier alpha value is -0.600. The maximum atomic E-state index is 10.7. The summed E-state index contributed by atoms with van der Waals surface area (Å²) < 4.78 is 6.59. The van der Waals surface area contributed by atoms with Gasteiger partial charge in [0.25, 0.3) is 0 Å². The molecule has 1 saturated heterocycles. The molecule has 1 fully saturated rings. The van der Waals surface area contributed by atoms with Gasteiger partial charge in [-0.05, 0) is 71.6 Å². The van der Waals surface area contributed by atoms with E-state index in [4.69, 9.17) is 4.74 Å². The number of hydrogen-bond acceptors (Lipinski definition) is 2. The third-order valence-corrected chi connectivity index (χ3v) is 5.88. The Labute approximate surface area is 136 Å². The molecular weight excluding hydrogens is 272 g/mol. The zero-order valence-corrected chi connectivity index (χ0v) is 15.1. The van der Waals surface area contributed by atoms with Gasteiger partial charge in [0.1, 0.15) is 0 Å². The van der Waals surface area contributed by atoms with Crippen molar-refractivity contribution in [1.82, 2.24) is 0 Å². The number of aliphatic hydroxyl groups is 1. The van der Waals surface area contributed by atoms with Crippen molar-refractivity contribution >= 4 is 0 Å². The molecule has 2 heteroatoms. The largest absolute Gasteiger partial charge is 0.390 e. The first-order valence-corrected chi connectivity index (χ1v) is 8.97. The number of fused-ring (bicyclic) bond motifs is 2. The molecule has 3 atom stereocenters. The predicted molar refractivity (Wildman–Crippen MR) is 92.9 cm³/mol. The van der Waals surface area contributed by atoms with Gasteiger partial charge in [-0.15, -0.1) is 0 Å². The highest BCUT2D eigenvalue weighted by Crippen LogP contribution is 2.47. The average molecular weight is 306 g/mol. The summed E-state index contributed by atoms with van der Waals surface area (Å²) in [6, 6.07) is 0. The standard InChI is InChI=1S/C20H34O2/c1-15(2)20-12-11-17(4)8-6-7-16(3)9-10-18(21)19(5,22-20)13-14-20/h7,11,15,18,21H,6,8-10,12-14H2,1-5H3/b16-7-,17-11+. The SMILES string of the molecule is C/C1=C/CC/C(C)=C/CC2(C(C)C)CCC(C)(O2)C(O)CC1. The van der Waals surface area contributed by atoms with E-state index in [0.717, 1.165) is 44.9 Å². The van der Waals surface area contributed by atoms with Gasteiger partial charge in [0.15, 0.2) is 0 Å². The van der Waals surface area contributed by atoms with E-state index < -0.39 is 0 Å². The summed E-state index contributed by atoms with van der Waals surface area (Å²) in [7, 11) is 0. The van der Waals surface area contributed by atoms with E-state index in [0.29, 0.717) is 5.92 Å². The minimum atomic E-state index is -0.389. The van der Waals surface area contributed by atoms with Crippen LogP contribution in [0.25, 0.3) is 0 Å². The zero-order valence-electron chi connectivity index (χ0n) is 15.1. The molecule has 2 rings (SSSR count). The lowest BCUT2D eigenvalue weighted by atomic mass is 9.82. The molecule has 2 aliphatic rings. The molecule has 2 bridgehead atoms. The van der Waals surface area contributed by atoms with Crippen molar-refractivity contribution in [3.05, 3.63) is 23.3 Å². The van der Waals surface area contributed by atoms with Gasteiger partial charge in [-0.1, -0.05) is 37.1 Å². The first kappa shape index (κ1) is 17.7. The van der Waals surface area contributed by atoms with Crippen LogP contribution < -0.4 is 0 Å². The lowest BCUT2D eigenvalue weighted by Crippen LogP contribution is -2.44. The monoisotopic (exact) mass is 306 g/mol. The van der Waals surface area contributed by atoms with Gasteiger partial charge in [-0.2, -0.15) is 0 Å². The van der Waals surface area contributed by atoms with Gasteiger partial charge in [-0.25, -0.2) is 0 Å². The van der Waals surface area contributed by atoms with Gasteiger partial charge in [0.05, 0.1) is 17.3 Å².